The number of thiol groups is 1. The average Bonchev–Trinajstić information content (AvgIpc) is 2.67. The molecule has 0 aliphatic heterocycles. The van der Waals surface area contributed by atoms with Crippen molar-refractivity contribution in [2.75, 3.05) is 0 Å². The van der Waals surface area contributed by atoms with E-state index in [0.717, 1.165) is 12.1 Å². The molecule has 0 bridgehead atoms. The molecule has 8 heteroatoms. The third-order valence-electron chi connectivity index (χ3n) is 4.14. The third kappa shape index (κ3) is 3.51. The number of hydrogen-bond donors (Lipinski definition) is 2. The molecular weight excluding hydrogens is 387 g/mol. The number of aromatic amines is 1. The maximum atomic E-state index is 12.7. The Hall–Kier alpha value is -3.49. The maximum Gasteiger partial charge on any atom is 0.416 e. The predicted molar refractivity (Wildman–Crippen MR) is 99.6 cm³/mol. The summed E-state index contributed by atoms with van der Waals surface area (Å²) in [5, 5.41) is 18.7. The van der Waals surface area contributed by atoms with Gasteiger partial charge in [-0.15, -0.1) is 12.6 Å². The highest BCUT2D eigenvalue weighted by atomic mass is 32.1. The zero-order chi connectivity index (χ0) is 20.5. The van der Waals surface area contributed by atoms with Gasteiger partial charge in [0.2, 0.25) is 0 Å². The molecule has 0 unspecified atom stereocenters. The standard InChI is InChI=1S/C20H10F3N3OS/c21-20(22,23)14-7-5-12(6-8-14)11-1-3-13(4-2-11)17-15(9-24)18(27)26-19(28)16(17)10-25/h1-8H,(H2,26,27,28). The fourth-order valence-electron chi connectivity index (χ4n) is 2.77. The van der Waals surface area contributed by atoms with Crippen LogP contribution in [0.2, 0.25) is 0 Å². The lowest BCUT2D eigenvalue weighted by molar-refractivity contribution is -0.137. The van der Waals surface area contributed by atoms with Gasteiger partial charge in [0.1, 0.15) is 17.7 Å². The average molecular weight is 397 g/mol. The third-order valence-corrected chi connectivity index (χ3v) is 4.47. The summed E-state index contributed by atoms with van der Waals surface area (Å²) in [6, 6.07) is 14.9. The molecule has 0 aliphatic carbocycles. The molecule has 0 radical (unpaired) electrons. The van der Waals surface area contributed by atoms with Gasteiger partial charge in [-0.3, -0.25) is 4.79 Å². The first-order valence-electron chi connectivity index (χ1n) is 7.83. The summed E-state index contributed by atoms with van der Waals surface area (Å²) in [7, 11) is 0. The zero-order valence-electron chi connectivity index (χ0n) is 14.0. The Balaban J connectivity index is 2.07. The second kappa shape index (κ2) is 7.26. The first-order chi connectivity index (χ1) is 13.3. The van der Waals surface area contributed by atoms with Crippen molar-refractivity contribution in [2.24, 2.45) is 0 Å². The first-order valence-corrected chi connectivity index (χ1v) is 8.28. The number of rotatable bonds is 2. The summed E-state index contributed by atoms with van der Waals surface area (Å²) in [5.74, 6) is 0. The second-order valence-electron chi connectivity index (χ2n) is 5.80. The Bertz CT molecular complexity index is 1180. The van der Waals surface area contributed by atoms with Gasteiger partial charge in [-0.1, -0.05) is 36.4 Å². The van der Waals surface area contributed by atoms with E-state index in [1.807, 2.05) is 6.07 Å². The van der Waals surface area contributed by atoms with Crippen LogP contribution >= 0.6 is 12.6 Å². The number of benzene rings is 2. The number of H-pyrrole nitrogens is 1. The van der Waals surface area contributed by atoms with Crippen molar-refractivity contribution in [1.29, 1.82) is 10.5 Å². The van der Waals surface area contributed by atoms with Crippen LogP contribution < -0.4 is 5.56 Å². The van der Waals surface area contributed by atoms with Crippen LogP contribution in [0, 0.1) is 22.7 Å². The number of nitrogens with one attached hydrogen (secondary N) is 1. The van der Waals surface area contributed by atoms with Crippen LogP contribution in [0.4, 0.5) is 13.2 Å². The first kappa shape index (κ1) is 19.3. The zero-order valence-corrected chi connectivity index (χ0v) is 14.9. The van der Waals surface area contributed by atoms with Gasteiger partial charge in [0.05, 0.1) is 16.2 Å². The molecule has 3 aromatic rings. The Morgan fingerprint density at radius 2 is 1.29 bits per heavy atom. The Morgan fingerprint density at radius 1 is 0.821 bits per heavy atom. The van der Waals surface area contributed by atoms with Crippen LogP contribution in [0.1, 0.15) is 16.7 Å². The van der Waals surface area contributed by atoms with E-state index in [4.69, 9.17) is 0 Å². The van der Waals surface area contributed by atoms with Gasteiger partial charge in [-0.05, 0) is 28.8 Å². The minimum absolute atomic E-state index is 0.0494. The molecule has 0 saturated carbocycles. The van der Waals surface area contributed by atoms with Crippen molar-refractivity contribution in [2.45, 2.75) is 11.2 Å². The van der Waals surface area contributed by atoms with Crippen LogP contribution in [-0.2, 0) is 6.18 Å². The Labute approximate surface area is 162 Å². The van der Waals surface area contributed by atoms with Gasteiger partial charge in [0, 0.05) is 5.56 Å². The van der Waals surface area contributed by atoms with Crippen LogP contribution in [0.25, 0.3) is 22.3 Å². The topological polar surface area (TPSA) is 80.4 Å². The normalized spacial score (nSPS) is 10.9. The van der Waals surface area contributed by atoms with Crippen molar-refractivity contribution in [3.63, 3.8) is 0 Å². The molecule has 138 valence electrons. The molecule has 4 nitrogen and oxygen atoms in total. The van der Waals surface area contributed by atoms with Crippen molar-refractivity contribution in [3.8, 4) is 34.4 Å². The van der Waals surface area contributed by atoms with E-state index in [1.54, 1.807) is 30.3 Å². The molecule has 0 amide bonds. The van der Waals surface area contributed by atoms with Gasteiger partial charge in [-0.25, -0.2) is 0 Å². The molecule has 1 heterocycles. The maximum absolute atomic E-state index is 12.7. The molecule has 1 aromatic heterocycles. The highest BCUT2D eigenvalue weighted by Gasteiger charge is 2.30. The molecule has 0 aliphatic rings. The molecule has 28 heavy (non-hydrogen) atoms. The number of pyridine rings is 1. The number of hydrogen-bond acceptors (Lipinski definition) is 4. The van der Waals surface area contributed by atoms with Gasteiger partial charge in [0.25, 0.3) is 5.56 Å². The predicted octanol–water partition coefficient (Wildman–Crippen LogP) is 4.76. The fraction of sp³-hybridized carbons (Fsp3) is 0.0500. The largest absolute Gasteiger partial charge is 0.416 e. The SMILES string of the molecule is N#Cc1c(S)[nH]c(=O)c(C#N)c1-c1ccc(-c2ccc(C(F)(F)F)cc2)cc1. The lowest BCUT2D eigenvalue weighted by Gasteiger charge is -2.10. The van der Waals surface area contributed by atoms with Crippen molar-refractivity contribution >= 4 is 12.6 Å². The molecule has 0 saturated heterocycles. The number of nitriles is 2. The molecule has 2 aromatic carbocycles. The Kier molecular flexibility index (Phi) is 5.00. The van der Waals surface area contributed by atoms with E-state index in [2.05, 4.69) is 17.6 Å². The van der Waals surface area contributed by atoms with Crippen molar-refractivity contribution in [3.05, 3.63) is 75.6 Å². The van der Waals surface area contributed by atoms with Crippen molar-refractivity contribution < 1.29 is 13.2 Å². The van der Waals surface area contributed by atoms with Gasteiger partial charge >= 0.3 is 6.18 Å². The number of aromatic nitrogens is 1. The van der Waals surface area contributed by atoms with Gasteiger partial charge in [-0.2, -0.15) is 23.7 Å². The van der Waals surface area contributed by atoms with E-state index >= 15 is 0 Å². The summed E-state index contributed by atoms with van der Waals surface area (Å²) in [5.41, 5.74) is 0.274. The van der Waals surface area contributed by atoms with Crippen LogP contribution in [0.3, 0.4) is 0 Å². The van der Waals surface area contributed by atoms with E-state index in [9.17, 15) is 28.5 Å². The van der Waals surface area contributed by atoms with E-state index < -0.39 is 17.3 Å². The molecule has 0 spiro atoms. The second-order valence-corrected chi connectivity index (χ2v) is 6.25. The van der Waals surface area contributed by atoms with E-state index in [0.29, 0.717) is 16.7 Å². The summed E-state index contributed by atoms with van der Waals surface area (Å²) >= 11 is 4.08. The summed E-state index contributed by atoms with van der Waals surface area (Å²) in [4.78, 5) is 14.4. The van der Waals surface area contributed by atoms with Crippen LogP contribution in [0.15, 0.2) is 58.4 Å². The van der Waals surface area contributed by atoms with E-state index in [-0.39, 0.29) is 21.7 Å². The van der Waals surface area contributed by atoms with E-state index in [1.165, 1.54) is 12.1 Å². The number of nitrogens with zero attached hydrogens (tertiary/aromatic N) is 2. The Morgan fingerprint density at radius 3 is 1.75 bits per heavy atom. The number of halogens is 3. The fourth-order valence-corrected chi connectivity index (χ4v) is 3.04. The highest BCUT2D eigenvalue weighted by Crippen LogP contribution is 2.33. The van der Waals surface area contributed by atoms with Crippen molar-refractivity contribution in [1.82, 2.24) is 4.98 Å². The summed E-state index contributed by atoms with van der Waals surface area (Å²) in [6.07, 6.45) is -4.41. The van der Waals surface area contributed by atoms with Gasteiger partial charge < -0.3 is 4.98 Å². The lowest BCUT2D eigenvalue weighted by Crippen LogP contribution is -2.14. The summed E-state index contributed by atoms with van der Waals surface area (Å²) < 4.78 is 38.1. The minimum Gasteiger partial charge on any atom is -0.315 e. The molecule has 1 N–H and O–H groups in total. The van der Waals surface area contributed by atoms with Crippen LogP contribution in [0.5, 0.6) is 0 Å². The van der Waals surface area contributed by atoms with Gasteiger partial charge in [0.15, 0.2) is 0 Å². The highest BCUT2D eigenvalue weighted by molar-refractivity contribution is 7.80. The molecule has 0 atom stereocenters. The molecule has 3 rings (SSSR count). The van der Waals surface area contributed by atoms with Crippen LogP contribution in [-0.4, -0.2) is 4.98 Å². The lowest BCUT2D eigenvalue weighted by atomic mass is 9.95. The molecular formula is C20H10F3N3OS. The monoisotopic (exact) mass is 397 g/mol. The smallest absolute Gasteiger partial charge is 0.315 e. The summed E-state index contributed by atoms with van der Waals surface area (Å²) in [6.45, 7) is 0. The minimum atomic E-state index is -4.41. The number of alkyl halides is 3. The molecule has 0 fully saturated rings. The quantitative estimate of drug-likeness (QED) is 0.612.